The highest BCUT2D eigenvalue weighted by Crippen LogP contribution is 2.33. The van der Waals surface area contributed by atoms with Crippen LogP contribution in [0.3, 0.4) is 0 Å². The molecule has 0 saturated heterocycles. The van der Waals surface area contributed by atoms with Gasteiger partial charge < -0.3 is 10.0 Å². The molecule has 0 atom stereocenters. The lowest BCUT2D eigenvalue weighted by Crippen LogP contribution is -2.17. The number of carbonyl (C=O) groups is 1. The second kappa shape index (κ2) is 8.37. The van der Waals surface area contributed by atoms with Gasteiger partial charge >= 0.3 is 5.97 Å². The Kier molecular flexibility index (Phi) is 5.73. The molecule has 0 fully saturated rings. The van der Waals surface area contributed by atoms with Crippen LogP contribution in [0.15, 0.2) is 60.2 Å². The second-order valence-electron chi connectivity index (χ2n) is 6.69. The van der Waals surface area contributed by atoms with Crippen LogP contribution in [0.4, 0.5) is 11.4 Å². The first-order valence-electron chi connectivity index (χ1n) is 9.07. The zero-order valence-corrected chi connectivity index (χ0v) is 15.4. The summed E-state index contributed by atoms with van der Waals surface area (Å²) in [5, 5.41) is 17.7. The van der Waals surface area contributed by atoms with Crippen molar-refractivity contribution in [2.24, 2.45) is 0 Å². The van der Waals surface area contributed by atoms with Gasteiger partial charge in [0, 0.05) is 17.9 Å². The molecule has 1 aliphatic heterocycles. The van der Waals surface area contributed by atoms with E-state index in [0.29, 0.717) is 0 Å². The molecule has 0 aromatic heterocycles. The van der Waals surface area contributed by atoms with Gasteiger partial charge in [0.15, 0.2) is 0 Å². The highest BCUT2D eigenvalue weighted by molar-refractivity contribution is 5.91. The number of allylic oxidation sites excluding steroid dienone is 2. The van der Waals surface area contributed by atoms with Crippen molar-refractivity contribution >= 4 is 23.4 Å². The van der Waals surface area contributed by atoms with Crippen molar-refractivity contribution in [3.8, 4) is 6.07 Å². The molecule has 0 radical (unpaired) electrons. The summed E-state index contributed by atoms with van der Waals surface area (Å²) in [5.41, 5.74) is 5.70. The Balaban J connectivity index is 1.89. The minimum absolute atomic E-state index is 0.272. The summed E-state index contributed by atoms with van der Waals surface area (Å²) in [5.74, 6) is -1.21. The molecule has 27 heavy (non-hydrogen) atoms. The number of carboxylic acids is 1. The molecule has 0 bridgehead atoms. The Morgan fingerprint density at radius 3 is 2.67 bits per heavy atom. The van der Waals surface area contributed by atoms with Gasteiger partial charge in [-0.2, -0.15) is 5.26 Å². The smallest absolute Gasteiger partial charge is 0.346 e. The summed E-state index contributed by atoms with van der Waals surface area (Å²) >= 11 is 0. The van der Waals surface area contributed by atoms with Gasteiger partial charge in [0.05, 0.1) is 0 Å². The van der Waals surface area contributed by atoms with Crippen molar-refractivity contribution in [1.29, 1.82) is 5.26 Å². The Morgan fingerprint density at radius 2 is 1.96 bits per heavy atom. The summed E-state index contributed by atoms with van der Waals surface area (Å²) in [6.07, 6.45) is 8.07. The zero-order valence-electron chi connectivity index (χ0n) is 15.4. The van der Waals surface area contributed by atoms with Crippen LogP contribution >= 0.6 is 0 Å². The minimum atomic E-state index is -1.21. The molecule has 0 aliphatic carbocycles. The van der Waals surface area contributed by atoms with Gasteiger partial charge in [-0.15, -0.1) is 0 Å². The van der Waals surface area contributed by atoms with E-state index in [9.17, 15) is 4.79 Å². The fourth-order valence-corrected chi connectivity index (χ4v) is 3.28. The van der Waals surface area contributed by atoms with E-state index >= 15 is 0 Å². The van der Waals surface area contributed by atoms with E-state index in [1.165, 1.54) is 28.6 Å². The molecule has 3 rings (SSSR count). The summed E-state index contributed by atoms with van der Waals surface area (Å²) in [6, 6.07) is 16.6. The Hall–Kier alpha value is -3.32. The third-order valence-corrected chi connectivity index (χ3v) is 4.72. The van der Waals surface area contributed by atoms with E-state index in [-0.39, 0.29) is 5.57 Å². The van der Waals surface area contributed by atoms with Crippen LogP contribution in [0, 0.1) is 18.3 Å². The maximum Gasteiger partial charge on any atom is 0.346 e. The van der Waals surface area contributed by atoms with Gasteiger partial charge in [0.1, 0.15) is 11.6 Å². The number of anilines is 2. The topological polar surface area (TPSA) is 64.3 Å². The quantitative estimate of drug-likeness (QED) is 0.474. The van der Waals surface area contributed by atoms with Crippen LogP contribution in [0.1, 0.15) is 29.5 Å². The monoisotopic (exact) mass is 358 g/mol. The molecule has 4 nitrogen and oxygen atoms in total. The van der Waals surface area contributed by atoms with Crippen molar-refractivity contribution in [2.45, 2.75) is 26.2 Å². The first-order chi connectivity index (χ1) is 13.1. The number of hydrogen-bond acceptors (Lipinski definition) is 3. The highest BCUT2D eigenvalue weighted by atomic mass is 16.4. The number of aliphatic carboxylic acids is 1. The van der Waals surface area contributed by atoms with E-state index in [4.69, 9.17) is 10.4 Å². The molecule has 0 spiro atoms. The number of benzene rings is 2. The molecule has 2 aromatic carbocycles. The summed E-state index contributed by atoms with van der Waals surface area (Å²) < 4.78 is 0. The Morgan fingerprint density at radius 1 is 1.19 bits per heavy atom. The molecular weight excluding hydrogens is 336 g/mol. The third kappa shape index (κ3) is 4.45. The molecule has 4 heteroatoms. The average molecular weight is 358 g/mol. The second-order valence-corrected chi connectivity index (χ2v) is 6.69. The zero-order chi connectivity index (χ0) is 19.2. The lowest BCUT2D eigenvalue weighted by molar-refractivity contribution is -0.132. The van der Waals surface area contributed by atoms with E-state index in [0.717, 1.165) is 31.4 Å². The first kappa shape index (κ1) is 18.5. The number of nitrogens with zero attached hydrogens (tertiary/aromatic N) is 2. The number of nitriles is 1. The number of aryl methyl sites for hydroxylation is 2. The van der Waals surface area contributed by atoms with Crippen LogP contribution < -0.4 is 4.90 Å². The molecule has 2 aromatic rings. The molecule has 1 heterocycles. The maximum atomic E-state index is 10.9. The lowest BCUT2D eigenvalue weighted by atomic mass is 10.0. The molecule has 136 valence electrons. The maximum absolute atomic E-state index is 10.9. The van der Waals surface area contributed by atoms with Crippen molar-refractivity contribution in [2.75, 3.05) is 11.4 Å². The normalized spacial score (nSPS) is 14.5. The van der Waals surface area contributed by atoms with E-state index in [2.05, 4.69) is 48.2 Å². The average Bonchev–Trinajstić information content (AvgIpc) is 2.87. The number of rotatable bonds is 4. The van der Waals surface area contributed by atoms with Crippen LogP contribution in [0.2, 0.25) is 0 Å². The van der Waals surface area contributed by atoms with Crippen LogP contribution in [0.5, 0.6) is 0 Å². The fraction of sp³-hybridized carbons (Fsp3) is 0.217. The van der Waals surface area contributed by atoms with Crippen LogP contribution in [0.25, 0.3) is 6.08 Å². The van der Waals surface area contributed by atoms with Gasteiger partial charge in [-0.05, 0) is 67.7 Å². The number of fused-ring (bicyclic) bond motifs is 1. The predicted molar refractivity (Wildman–Crippen MR) is 108 cm³/mol. The number of carboxylic acid groups (broad SMARTS) is 1. The van der Waals surface area contributed by atoms with Crippen LogP contribution in [-0.4, -0.2) is 17.6 Å². The van der Waals surface area contributed by atoms with E-state index < -0.39 is 5.97 Å². The SMILES string of the molecule is Cc1ccc(N2CCCCc3cc(C=CC=C(C#N)C(=O)O)ccc32)cc1. The fourth-order valence-electron chi connectivity index (χ4n) is 3.28. The molecule has 0 saturated carbocycles. The molecule has 0 amide bonds. The van der Waals surface area contributed by atoms with Gasteiger partial charge in [0.2, 0.25) is 0 Å². The van der Waals surface area contributed by atoms with E-state index in [1.54, 1.807) is 12.1 Å². The van der Waals surface area contributed by atoms with Crippen molar-refractivity contribution in [3.05, 3.63) is 76.9 Å². The molecular formula is C23H22N2O2. The third-order valence-electron chi connectivity index (χ3n) is 4.72. The lowest BCUT2D eigenvalue weighted by Gasteiger charge is -2.25. The first-order valence-corrected chi connectivity index (χ1v) is 9.07. The van der Waals surface area contributed by atoms with Gasteiger partial charge in [-0.25, -0.2) is 4.79 Å². The van der Waals surface area contributed by atoms with Gasteiger partial charge in [-0.1, -0.05) is 35.9 Å². The molecule has 1 aliphatic rings. The Labute approximate surface area is 159 Å². The summed E-state index contributed by atoms with van der Waals surface area (Å²) in [6.45, 7) is 3.09. The predicted octanol–water partition coefficient (Wildman–Crippen LogP) is 5.02. The van der Waals surface area contributed by atoms with Gasteiger partial charge in [-0.3, -0.25) is 0 Å². The number of hydrogen-bond donors (Lipinski definition) is 1. The summed E-state index contributed by atoms with van der Waals surface area (Å²) in [7, 11) is 0. The Bertz CT molecular complexity index is 934. The van der Waals surface area contributed by atoms with Crippen LogP contribution in [-0.2, 0) is 11.2 Å². The standard InChI is InChI=1S/C23H22N2O2/c1-17-8-11-21(12-9-17)25-14-3-2-6-19-15-18(10-13-22(19)25)5-4-7-20(16-24)23(26)27/h4-5,7-13,15H,2-3,6,14H2,1H3,(H,26,27). The molecule has 1 N–H and O–H groups in total. The van der Waals surface area contributed by atoms with Crippen molar-refractivity contribution in [3.63, 3.8) is 0 Å². The minimum Gasteiger partial charge on any atom is -0.477 e. The largest absolute Gasteiger partial charge is 0.477 e. The van der Waals surface area contributed by atoms with Crippen molar-refractivity contribution in [1.82, 2.24) is 0 Å². The molecule has 0 unspecified atom stereocenters. The van der Waals surface area contributed by atoms with Gasteiger partial charge in [0.25, 0.3) is 0 Å². The summed E-state index contributed by atoms with van der Waals surface area (Å²) in [4.78, 5) is 13.2. The van der Waals surface area contributed by atoms with Crippen molar-refractivity contribution < 1.29 is 9.90 Å². The highest BCUT2D eigenvalue weighted by Gasteiger charge is 2.16. The van der Waals surface area contributed by atoms with E-state index in [1.807, 2.05) is 12.1 Å².